The summed E-state index contributed by atoms with van der Waals surface area (Å²) in [6.07, 6.45) is 0. The summed E-state index contributed by atoms with van der Waals surface area (Å²) in [5, 5.41) is 8.94. The fraction of sp³-hybridized carbons (Fsp3) is 1.00. The lowest BCUT2D eigenvalue weighted by Crippen LogP contribution is -2.31. The second kappa shape index (κ2) is 1.95. The third-order valence-corrected chi connectivity index (χ3v) is 0.341. The maximum Gasteiger partial charge on any atom is 0.0668 e. The Morgan fingerprint density at radius 1 is 1.50 bits per heavy atom. The SMILES string of the molecule is C[N+](C)(C)[N-][N+](=O)[O-]. The molecule has 0 N–H and O–H groups in total. The van der Waals surface area contributed by atoms with E-state index in [-0.39, 0.29) is 4.59 Å². The van der Waals surface area contributed by atoms with Crippen LogP contribution in [0, 0.1) is 10.1 Å². The van der Waals surface area contributed by atoms with E-state index in [1.54, 1.807) is 21.1 Å². The second-order valence-electron chi connectivity index (χ2n) is 2.27. The normalized spacial score (nSPS) is 10.9. The lowest BCUT2D eigenvalue weighted by molar-refractivity contribution is -0.894. The van der Waals surface area contributed by atoms with Gasteiger partial charge in [-0.2, -0.15) is 5.53 Å². The molecule has 0 bridgehead atoms. The Labute approximate surface area is 47.6 Å². The molecule has 0 heterocycles. The summed E-state index contributed by atoms with van der Waals surface area (Å²) in [5.41, 5.74) is 3.07. The van der Waals surface area contributed by atoms with Gasteiger partial charge in [-0.15, -0.1) is 0 Å². The van der Waals surface area contributed by atoms with Gasteiger partial charge in [0.25, 0.3) is 0 Å². The summed E-state index contributed by atoms with van der Waals surface area (Å²) in [4.78, 5) is 9.64. The van der Waals surface area contributed by atoms with Gasteiger partial charge in [-0.1, -0.05) is 0 Å². The number of nitro groups is 1. The number of quaternary nitrogens is 1. The van der Waals surface area contributed by atoms with Gasteiger partial charge in [-0.25, -0.2) is 0 Å². The van der Waals surface area contributed by atoms with Crippen LogP contribution >= 0.6 is 0 Å². The topological polar surface area (TPSA) is 57.2 Å². The van der Waals surface area contributed by atoms with E-state index in [0.29, 0.717) is 0 Å². The van der Waals surface area contributed by atoms with Crippen molar-refractivity contribution in [2.24, 2.45) is 0 Å². The first-order valence-corrected chi connectivity index (χ1v) is 2.11. The van der Waals surface area contributed by atoms with E-state index in [2.05, 4.69) is 5.53 Å². The van der Waals surface area contributed by atoms with Crippen molar-refractivity contribution >= 4 is 0 Å². The first-order valence-electron chi connectivity index (χ1n) is 2.11. The largest absolute Gasteiger partial charge is 0.320 e. The number of rotatable bonds is 2. The maximum absolute atomic E-state index is 9.64. The molecule has 0 spiro atoms. The van der Waals surface area contributed by atoms with Crippen LogP contribution in [0.5, 0.6) is 0 Å². The predicted octanol–water partition coefficient (Wildman–Crippen LogP) is 0.173. The van der Waals surface area contributed by atoms with E-state index in [0.717, 1.165) is 0 Å². The molecule has 0 saturated heterocycles. The molecule has 0 fully saturated rings. The predicted molar refractivity (Wildman–Crippen MR) is 28.4 cm³/mol. The quantitative estimate of drug-likeness (QED) is 0.295. The number of hydrogen-bond acceptors (Lipinski definition) is 2. The fourth-order valence-electron chi connectivity index (χ4n) is 0.219. The minimum Gasteiger partial charge on any atom is -0.320 e. The average Bonchev–Trinajstić information content (AvgIpc) is 1.21. The first kappa shape index (κ1) is 7.16. The second-order valence-corrected chi connectivity index (χ2v) is 2.27. The third-order valence-electron chi connectivity index (χ3n) is 0.341. The maximum atomic E-state index is 9.64. The van der Waals surface area contributed by atoms with Crippen LogP contribution < -0.4 is 0 Å². The van der Waals surface area contributed by atoms with Crippen molar-refractivity contribution in [2.75, 3.05) is 21.1 Å². The molecule has 0 aliphatic heterocycles. The monoisotopic (exact) mass is 119 g/mol. The summed E-state index contributed by atoms with van der Waals surface area (Å²) < 4.78 is 0.00694. The van der Waals surface area contributed by atoms with E-state index in [9.17, 15) is 10.1 Å². The molecule has 0 radical (unpaired) electrons. The van der Waals surface area contributed by atoms with Gasteiger partial charge in [0.1, 0.15) is 0 Å². The highest BCUT2D eigenvalue weighted by molar-refractivity contribution is 4.28. The van der Waals surface area contributed by atoms with Gasteiger partial charge >= 0.3 is 0 Å². The lowest BCUT2D eigenvalue weighted by Gasteiger charge is -2.28. The van der Waals surface area contributed by atoms with E-state index in [1.807, 2.05) is 0 Å². The van der Waals surface area contributed by atoms with E-state index in [1.165, 1.54) is 0 Å². The molecule has 0 aliphatic carbocycles. The van der Waals surface area contributed by atoms with Crippen LogP contribution in [0.1, 0.15) is 0 Å². The molecule has 0 saturated carbocycles. The summed E-state index contributed by atoms with van der Waals surface area (Å²) >= 11 is 0. The Morgan fingerprint density at radius 3 is 1.88 bits per heavy atom. The van der Waals surface area contributed by atoms with Gasteiger partial charge in [0.05, 0.1) is 21.1 Å². The highest BCUT2D eigenvalue weighted by Crippen LogP contribution is 1.99. The van der Waals surface area contributed by atoms with Gasteiger partial charge in [-0.05, 0) is 0 Å². The van der Waals surface area contributed by atoms with E-state index < -0.39 is 5.03 Å². The van der Waals surface area contributed by atoms with Gasteiger partial charge < -0.3 is 4.59 Å². The van der Waals surface area contributed by atoms with Crippen LogP contribution in [0.25, 0.3) is 5.53 Å². The lowest BCUT2D eigenvalue weighted by atomic mass is 10.9. The van der Waals surface area contributed by atoms with Crippen LogP contribution in [0.2, 0.25) is 0 Å². The minimum absolute atomic E-state index is 0.00694. The molecule has 5 heteroatoms. The Kier molecular flexibility index (Phi) is 1.75. The summed E-state index contributed by atoms with van der Waals surface area (Å²) in [5.74, 6) is 0. The molecule has 48 valence electrons. The number of nitrogens with zero attached hydrogens (tertiary/aromatic N) is 3. The minimum atomic E-state index is -0.694. The van der Waals surface area contributed by atoms with Crippen LogP contribution in [0.3, 0.4) is 0 Å². The molecule has 0 amide bonds. The number of hydrogen-bond donors (Lipinski definition) is 0. The molecule has 0 aromatic heterocycles. The molecule has 0 unspecified atom stereocenters. The van der Waals surface area contributed by atoms with Crippen molar-refractivity contribution in [1.82, 2.24) is 0 Å². The Morgan fingerprint density at radius 2 is 1.88 bits per heavy atom. The van der Waals surface area contributed by atoms with E-state index >= 15 is 0 Å². The standard InChI is InChI=1S/C3H9N3O2/c1-6(2,3)4-5(7)8/h1-3H3. The van der Waals surface area contributed by atoms with Crippen molar-refractivity contribution < 1.29 is 9.62 Å². The summed E-state index contributed by atoms with van der Waals surface area (Å²) in [7, 11) is 4.84. The third kappa shape index (κ3) is 5.16. The molecule has 0 aliphatic rings. The molecular formula is C3H9N3O2. The molecular weight excluding hydrogens is 110 g/mol. The van der Waals surface area contributed by atoms with Crippen molar-refractivity contribution in [1.29, 1.82) is 0 Å². The smallest absolute Gasteiger partial charge is 0.0668 e. The highest BCUT2D eigenvalue weighted by Gasteiger charge is 1.98. The van der Waals surface area contributed by atoms with Crippen LogP contribution in [0.4, 0.5) is 0 Å². The van der Waals surface area contributed by atoms with Crippen molar-refractivity contribution in [3.05, 3.63) is 15.6 Å². The Hall–Kier alpha value is -0.840. The zero-order chi connectivity index (χ0) is 6.78. The Bertz CT molecular complexity index is 95.2. The van der Waals surface area contributed by atoms with Crippen molar-refractivity contribution in [3.8, 4) is 0 Å². The molecule has 0 aromatic carbocycles. The van der Waals surface area contributed by atoms with Gasteiger partial charge in [0, 0.05) is 5.03 Å². The molecule has 8 heavy (non-hydrogen) atoms. The Balaban J connectivity index is 3.55. The van der Waals surface area contributed by atoms with Crippen LogP contribution in [-0.2, 0) is 0 Å². The molecule has 5 nitrogen and oxygen atoms in total. The molecule has 0 aromatic rings. The van der Waals surface area contributed by atoms with Crippen molar-refractivity contribution in [2.45, 2.75) is 0 Å². The zero-order valence-electron chi connectivity index (χ0n) is 5.16. The van der Waals surface area contributed by atoms with Crippen molar-refractivity contribution in [3.63, 3.8) is 0 Å². The van der Waals surface area contributed by atoms with E-state index in [4.69, 9.17) is 0 Å². The zero-order valence-corrected chi connectivity index (χ0v) is 5.16. The summed E-state index contributed by atoms with van der Waals surface area (Å²) in [6.45, 7) is 0. The molecule has 0 rings (SSSR count). The highest BCUT2D eigenvalue weighted by atomic mass is 16.7. The fourth-order valence-corrected chi connectivity index (χ4v) is 0.219. The average molecular weight is 119 g/mol. The van der Waals surface area contributed by atoms with Gasteiger partial charge in [-0.3, -0.25) is 10.1 Å². The van der Waals surface area contributed by atoms with Gasteiger partial charge in [0.15, 0.2) is 0 Å². The van der Waals surface area contributed by atoms with Crippen LogP contribution in [-0.4, -0.2) is 30.8 Å². The summed E-state index contributed by atoms with van der Waals surface area (Å²) in [6, 6.07) is 0. The first-order chi connectivity index (χ1) is 3.42. The molecule has 0 atom stereocenters. The van der Waals surface area contributed by atoms with Gasteiger partial charge in [0.2, 0.25) is 0 Å². The van der Waals surface area contributed by atoms with Crippen LogP contribution in [0.15, 0.2) is 0 Å².